The first-order valence-electron chi connectivity index (χ1n) is 6.65. The first-order valence-corrected chi connectivity index (χ1v) is 7.59. The number of carbonyl (C=O) groups is 1. The van der Waals surface area contributed by atoms with Crippen molar-refractivity contribution in [1.29, 1.82) is 0 Å². The molecular weight excluding hydrogens is 298 g/mol. The molecule has 1 heterocycles. The maximum atomic E-state index is 12.0. The van der Waals surface area contributed by atoms with E-state index in [-0.39, 0.29) is 17.9 Å². The topological polar surface area (TPSA) is 67.6 Å². The van der Waals surface area contributed by atoms with Crippen molar-refractivity contribution >= 4 is 34.8 Å². The summed E-state index contributed by atoms with van der Waals surface area (Å²) in [6.45, 7) is 0.944. The molecule has 1 aliphatic carbocycles. The lowest BCUT2D eigenvalue weighted by atomic mass is 9.80. The first-order chi connectivity index (χ1) is 9.55. The Balaban J connectivity index is 2.26. The Morgan fingerprint density at radius 3 is 3.10 bits per heavy atom. The smallest absolute Gasteiger partial charge is 0.228 e. The molecule has 3 atom stereocenters. The van der Waals surface area contributed by atoms with E-state index in [0.29, 0.717) is 30.6 Å². The average Bonchev–Trinajstić information content (AvgIpc) is 2.66. The molecule has 2 aliphatic rings. The van der Waals surface area contributed by atoms with Gasteiger partial charge in [0.15, 0.2) is 5.11 Å². The maximum absolute atomic E-state index is 12.0. The normalized spacial score (nSPS) is 32.7. The summed E-state index contributed by atoms with van der Waals surface area (Å²) in [7, 11) is 1.59. The van der Waals surface area contributed by atoms with Crippen molar-refractivity contribution in [2.45, 2.75) is 18.9 Å². The summed E-state index contributed by atoms with van der Waals surface area (Å²) in [6.07, 6.45) is 5.63. The highest BCUT2D eigenvalue weighted by molar-refractivity contribution is 7.80. The quantitative estimate of drug-likeness (QED) is 0.580. The highest BCUT2D eigenvalue weighted by Gasteiger charge is 2.53. The molecule has 0 aromatic heterocycles. The number of nitrogens with one attached hydrogen (secondary N) is 1. The van der Waals surface area contributed by atoms with Crippen molar-refractivity contribution < 1.29 is 9.53 Å². The fourth-order valence-electron chi connectivity index (χ4n) is 3.14. The van der Waals surface area contributed by atoms with Crippen LogP contribution in [0.25, 0.3) is 0 Å². The maximum Gasteiger partial charge on any atom is 0.228 e. The highest BCUT2D eigenvalue weighted by atomic mass is 35.5. The second-order valence-corrected chi connectivity index (χ2v) is 6.07. The molecule has 1 saturated carbocycles. The third-order valence-corrected chi connectivity index (χ3v) is 4.74. The van der Waals surface area contributed by atoms with Gasteiger partial charge in [-0.2, -0.15) is 0 Å². The number of nitrogens with zero attached hydrogens (tertiary/aromatic N) is 1. The summed E-state index contributed by atoms with van der Waals surface area (Å²) in [5.74, 6) is 0.373. The number of fused-ring (bicyclic) bond motifs is 1. The van der Waals surface area contributed by atoms with Crippen LogP contribution in [0.1, 0.15) is 12.8 Å². The van der Waals surface area contributed by atoms with Gasteiger partial charge in [0.05, 0.1) is 18.1 Å². The van der Waals surface area contributed by atoms with Crippen LogP contribution in [0.4, 0.5) is 0 Å². The van der Waals surface area contributed by atoms with Crippen LogP contribution in [0.3, 0.4) is 0 Å². The van der Waals surface area contributed by atoms with E-state index in [9.17, 15) is 4.79 Å². The molecule has 0 radical (unpaired) electrons. The zero-order chi connectivity index (χ0) is 14.8. The van der Waals surface area contributed by atoms with Gasteiger partial charge in [0.2, 0.25) is 5.91 Å². The number of hydrogen-bond acceptors (Lipinski definition) is 3. The van der Waals surface area contributed by atoms with Crippen molar-refractivity contribution in [1.82, 2.24) is 10.2 Å². The molecule has 0 aromatic rings. The molecule has 5 nitrogen and oxygen atoms in total. The molecule has 3 N–H and O–H groups in total. The highest BCUT2D eigenvalue weighted by Crippen LogP contribution is 2.43. The van der Waals surface area contributed by atoms with Crippen LogP contribution in [0.2, 0.25) is 0 Å². The summed E-state index contributed by atoms with van der Waals surface area (Å²) in [5.41, 5.74) is 4.95. The third-order valence-electron chi connectivity index (χ3n) is 4.22. The van der Waals surface area contributed by atoms with Crippen molar-refractivity contribution in [3.8, 4) is 0 Å². The van der Waals surface area contributed by atoms with Crippen LogP contribution < -0.4 is 11.1 Å². The molecule has 1 aliphatic heterocycles. The Hall–Kier alpha value is -0.850. The molecule has 0 bridgehead atoms. The van der Waals surface area contributed by atoms with Gasteiger partial charge in [-0.3, -0.25) is 4.79 Å². The SMILES string of the molecule is COC[C@]1(C(N)=O)CCC2C=CN(CCCl)C(=S)NC21. The first kappa shape index (κ1) is 15.5. The number of carbonyl (C=O) groups excluding carboxylic acids is 1. The Morgan fingerprint density at radius 1 is 1.75 bits per heavy atom. The predicted molar refractivity (Wildman–Crippen MR) is 82.3 cm³/mol. The Morgan fingerprint density at radius 2 is 2.50 bits per heavy atom. The molecular formula is C13H20ClN3O2S. The zero-order valence-electron chi connectivity index (χ0n) is 11.5. The number of ether oxygens (including phenoxy) is 1. The molecule has 2 rings (SSSR count). The summed E-state index contributed by atoms with van der Waals surface area (Å²) < 4.78 is 5.25. The van der Waals surface area contributed by atoms with Gasteiger partial charge < -0.3 is 20.7 Å². The molecule has 2 unspecified atom stereocenters. The van der Waals surface area contributed by atoms with Gasteiger partial charge in [-0.15, -0.1) is 11.6 Å². The van der Waals surface area contributed by atoms with Gasteiger partial charge in [-0.25, -0.2) is 0 Å². The number of alkyl halides is 1. The van der Waals surface area contributed by atoms with Crippen LogP contribution in [0, 0.1) is 11.3 Å². The Bertz CT molecular complexity index is 432. The molecule has 20 heavy (non-hydrogen) atoms. The zero-order valence-corrected chi connectivity index (χ0v) is 13.0. The van der Waals surface area contributed by atoms with Crippen LogP contribution in [-0.2, 0) is 9.53 Å². The van der Waals surface area contributed by atoms with Gasteiger partial charge >= 0.3 is 0 Å². The van der Waals surface area contributed by atoms with E-state index in [1.54, 1.807) is 7.11 Å². The molecule has 7 heteroatoms. The number of thiocarbonyl (C=S) groups is 1. The van der Waals surface area contributed by atoms with Gasteiger partial charge in [0, 0.05) is 25.7 Å². The lowest BCUT2D eigenvalue weighted by molar-refractivity contribution is -0.131. The summed E-state index contributed by atoms with van der Waals surface area (Å²) >= 11 is 11.2. The van der Waals surface area contributed by atoms with E-state index < -0.39 is 5.41 Å². The minimum Gasteiger partial charge on any atom is -0.383 e. The van der Waals surface area contributed by atoms with E-state index in [4.69, 9.17) is 34.3 Å². The lowest BCUT2D eigenvalue weighted by Crippen LogP contribution is -2.56. The van der Waals surface area contributed by atoms with Crippen LogP contribution in [0.15, 0.2) is 12.3 Å². The molecule has 0 spiro atoms. The lowest BCUT2D eigenvalue weighted by Gasteiger charge is -2.34. The minimum atomic E-state index is -0.704. The van der Waals surface area contributed by atoms with E-state index in [2.05, 4.69) is 11.4 Å². The summed E-state index contributed by atoms with van der Waals surface area (Å²) in [6, 6.07) is -0.121. The fraction of sp³-hybridized carbons (Fsp3) is 0.692. The molecule has 1 amide bonds. The Kier molecular flexibility index (Phi) is 4.88. The van der Waals surface area contributed by atoms with Crippen LogP contribution in [-0.4, -0.2) is 48.1 Å². The monoisotopic (exact) mass is 317 g/mol. The predicted octanol–water partition coefficient (Wildman–Crippen LogP) is 0.826. The van der Waals surface area contributed by atoms with Crippen molar-refractivity contribution in [2.24, 2.45) is 17.1 Å². The Labute approximate surface area is 129 Å². The van der Waals surface area contributed by atoms with Gasteiger partial charge in [-0.05, 0) is 31.0 Å². The van der Waals surface area contributed by atoms with Gasteiger partial charge in [0.1, 0.15) is 0 Å². The number of rotatable bonds is 5. The van der Waals surface area contributed by atoms with E-state index in [1.165, 1.54) is 0 Å². The number of nitrogens with two attached hydrogens (primary N) is 1. The van der Waals surface area contributed by atoms with E-state index in [0.717, 1.165) is 6.42 Å². The number of methoxy groups -OCH3 is 1. The second kappa shape index (κ2) is 6.28. The summed E-state index contributed by atoms with van der Waals surface area (Å²) in [5, 5.41) is 3.87. The standard InChI is InChI=1S/C13H20ClN3O2S/c1-19-8-13(11(15)18)4-2-9-3-6-17(7-5-14)12(20)16-10(9)13/h3,6,9-10H,2,4-5,7-8H2,1H3,(H2,15,18)(H,16,20)/t9?,10?,13-/m1/s1. The number of primary amides is 1. The molecule has 0 aromatic carbocycles. The number of hydrogen-bond donors (Lipinski definition) is 2. The minimum absolute atomic E-state index is 0.121. The summed E-state index contributed by atoms with van der Waals surface area (Å²) in [4.78, 5) is 13.9. The van der Waals surface area contributed by atoms with Crippen molar-refractivity contribution in [3.05, 3.63) is 12.3 Å². The molecule has 0 saturated heterocycles. The van der Waals surface area contributed by atoms with E-state index in [1.807, 2.05) is 11.1 Å². The molecule has 1 fully saturated rings. The van der Waals surface area contributed by atoms with Gasteiger partial charge in [-0.1, -0.05) is 6.08 Å². The third kappa shape index (κ3) is 2.64. The van der Waals surface area contributed by atoms with Crippen LogP contribution >= 0.6 is 23.8 Å². The van der Waals surface area contributed by atoms with E-state index >= 15 is 0 Å². The largest absolute Gasteiger partial charge is 0.383 e. The van der Waals surface area contributed by atoms with Gasteiger partial charge in [0.25, 0.3) is 0 Å². The number of amides is 1. The second-order valence-electron chi connectivity index (χ2n) is 5.31. The average molecular weight is 318 g/mol. The van der Waals surface area contributed by atoms with Crippen LogP contribution in [0.5, 0.6) is 0 Å². The van der Waals surface area contributed by atoms with Crippen molar-refractivity contribution in [3.63, 3.8) is 0 Å². The molecule has 112 valence electrons. The fourth-order valence-corrected chi connectivity index (χ4v) is 3.60. The number of halogens is 1. The van der Waals surface area contributed by atoms with Crippen molar-refractivity contribution in [2.75, 3.05) is 26.1 Å².